The van der Waals surface area contributed by atoms with E-state index in [-0.39, 0.29) is 5.82 Å². The quantitative estimate of drug-likeness (QED) is 0.453. The number of halogens is 1. The molecule has 35 heavy (non-hydrogen) atoms. The van der Waals surface area contributed by atoms with Crippen molar-refractivity contribution in [1.82, 2.24) is 24.9 Å². The molecule has 2 fully saturated rings. The molecule has 1 spiro atoms. The predicted molar refractivity (Wildman–Crippen MR) is 137 cm³/mol. The van der Waals surface area contributed by atoms with Crippen molar-refractivity contribution in [2.24, 2.45) is 5.41 Å². The van der Waals surface area contributed by atoms with Crippen LogP contribution < -0.4 is 15.5 Å². The molecule has 0 amide bonds. The Morgan fingerprint density at radius 3 is 2.57 bits per heavy atom. The molecule has 0 bridgehead atoms. The van der Waals surface area contributed by atoms with Crippen molar-refractivity contribution >= 4 is 17.3 Å². The minimum Gasteiger partial charge on any atom is -0.373 e. The molecule has 2 aliphatic rings. The van der Waals surface area contributed by atoms with E-state index in [0.717, 1.165) is 66.0 Å². The average molecular weight is 472 g/mol. The van der Waals surface area contributed by atoms with Gasteiger partial charge in [-0.15, -0.1) is 5.10 Å². The number of hydrogen-bond donors (Lipinski definition) is 2. The molecule has 2 aliphatic heterocycles. The van der Waals surface area contributed by atoms with Crippen molar-refractivity contribution in [3.05, 3.63) is 60.5 Å². The van der Waals surface area contributed by atoms with Crippen LogP contribution in [0, 0.1) is 11.2 Å². The van der Waals surface area contributed by atoms with Crippen LogP contribution in [0.1, 0.15) is 25.7 Å². The summed E-state index contributed by atoms with van der Waals surface area (Å²) in [4.78, 5) is 11.7. The van der Waals surface area contributed by atoms with Crippen LogP contribution in [0.15, 0.2) is 54.7 Å². The van der Waals surface area contributed by atoms with E-state index in [1.165, 1.54) is 37.8 Å². The normalized spacial score (nSPS) is 17.7. The van der Waals surface area contributed by atoms with Crippen molar-refractivity contribution in [3.63, 3.8) is 0 Å². The van der Waals surface area contributed by atoms with E-state index >= 15 is 0 Å². The number of pyridine rings is 1. The van der Waals surface area contributed by atoms with E-state index in [4.69, 9.17) is 10.1 Å². The highest BCUT2D eigenvalue weighted by Crippen LogP contribution is 2.39. The molecule has 0 atom stereocenters. The molecule has 180 valence electrons. The van der Waals surface area contributed by atoms with Crippen molar-refractivity contribution in [2.45, 2.75) is 25.7 Å². The number of imidazole rings is 1. The fraction of sp³-hybridized carbons (Fsp3) is 0.370. The largest absolute Gasteiger partial charge is 0.373 e. The van der Waals surface area contributed by atoms with Crippen molar-refractivity contribution in [1.29, 1.82) is 0 Å². The molecule has 7 nitrogen and oxygen atoms in total. The second kappa shape index (κ2) is 8.92. The Bertz CT molecular complexity index is 1330. The zero-order valence-corrected chi connectivity index (χ0v) is 20.0. The zero-order chi connectivity index (χ0) is 23.8. The number of piperidine rings is 2. The molecule has 8 heteroatoms. The van der Waals surface area contributed by atoms with Gasteiger partial charge in [-0.25, -0.2) is 18.9 Å². The lowest BCUT2D eigenvalue weighted by Crippen LogP contribution is -2.48. The number of nitrogens with zero attached hydrogens (tertiary/aromatic N) is 5. The fourth-order valence-corrected chi connectivity index (χ4v) is 5.54. The highest BCUT2D eigenvalue weighted by Gasteiger charge is 2.36. The molecule has 6 rings (SSSR count). The average Bonchev–Trinajstić information content (AvgIpc) is 3.29. The minimum atomic E-state index is -0.267. The Kier molecular flexibility index (Phi) is 5.60. The molecule has 5 heterocycles. The van der Waals surface area contributed by atoms with E-state index in [1.54, 1.807) is 18.3 Å². The maximum atomic E-state index is 13.7. The van der Waals surface area contributed by atoms with Gasteiger partial charge in [-0.2, -0.15) is 0 Å². The van der Waals surface area contributed by atoms with Crippen LogP contribution in [-0.2, 0) is 0 Å². The molecule has 0 saturated carbocycles. The van der Waals surface area contributed by atoms with Gasteiger partial charge in [0.15, 0.2) is 5.65 Å². The molecule has 2 saturated heterocycles. The molecule has 1 aromatic carbocycles. The first kappa shape index (κ1) is 22.0. The number of rotatable bonds is 4. The summed E-state index contributed by atoms with van der Waals surface area (Å²) in [6.07, 6.45) is 6.75. The Balaban J connectivity index is 1.42. The van der Waals surface area contributed by atoms with Gasteiger partial charge in [-0.1, -0.05) is 0 Å². The van der Waals surface area contributed by atoms with E-state index in [1.807, 2.05) is 29.8 Å². The van der Waals surface area contributed by atoms with Gasteiger partial charge in [0, 0.05) is 44.0 Å². The van der Waals surface area contributed by atoms with Crippen molar-refractivity contribution in [3.8, 4) is 22.5 Å². The third kappa shape index (κ3) is 4.12. The maximum Gasteiger partial charge on any atom is 0.155 e. The molecule has 3 aromatic heterocycles. The summed E-state index contributed by atoms with van der Waals surface area (Å²) in [6.45, 7) is 4.30. The highest BCUT2D eigenvalue weighted by molar-refractivity contribution is 5.82. The van der Waals surface area contributed by atoms with Crippen LogP contribution in [0.25, 0.3) is 28.2 Å². The first-order valence-corrected chi connectivity index (χ1v) is 12.4. The van der Waals surface area contributed by atoms with Gasteiger partial charge in [-0.05, 0) is 86.2 Å². The second-order valence-electron chi connectivity index (χ2n) is 9.72. The van der Waals surface area contributed by atoms with Crippen molar-refractivity contribution < 1.29 is 4.39 Å². The summed E-state index contributed by atoms with van der Waals surface area (Å²) in [6, 6.07) is 14.5. The van der Waals surface area contributed by atoms with Crippen molar-refractivity contribution in [2.75, 3.05) is 43.4 Å². The van der Waals surface area contributed by atoms with E-state index in [2.05, 4.69) is 26.6 Å². The van der Waals surface area contributed by atoms with Crippen LogP contribution in [-0.4, -0.2) is 52.8 Å². The van der Waals surface area contributed by atoms with Gasteiger partial charge in [0.1, 0.15) is 23.1 Å². The lowest BCUT2D eigenvalue weighted by Gasteiger charge is -2.44. The third-order valence-corrected chi connectivity index (χ3v) is 7.58. The number of nitrogens with one attached hydrogen (secondary N) is 2. The Labute approximate surface area is 204 Å². The van der Waals surface area contributed by atoms with E-state index in [0.29, 0.717) is 5.41 Å². The first-order chi connectivity index (χ1) is 17.1. The summed E-state index contributed by atoms with van der Waals surface area (Å²) < 4.78 is 15.6. The number of anilines is 2. The summed E-state index contributed by atoms with van der Waals surface area (Å²) in [5, 5.41) is 11.8. The second-order valence-corrected chi connectivity index (χ2v) is 9.72. The number of benzene rings is 1. The zero-order valence-electron chi connectivity index (χ0n) is 20.0. The van der Waals surface area contributed by atoms with Gasteiger partial charge in [0.25, 0.3) is 0 Å². The van der Waals surface area contributed by atoms with Crippen LogP contribution in [0.4, 0.5) is 16.0 Å². The van der Waals surface area contributed by atoms with Gasteiger partial charge >= 0.3 is 0 Å². The summed E-state index contributed by atoms with van der Waals surface area (Å²) >= 11 is 0. The van der Waals surface area contributed by atoms with Gasteiger partial charge in [-0.3, -0.25) is 0 Å². The summed E-state index contributed by atoms with van der Waals surface area (Å²) in [5.41, 5.74) is 4.64. The Morgan fingerprint density at radius 1 is 1.00 bits per heavy atom. The first-order valence-electron chi connectivity index (χ1n) is 12.4. The Morgan fingerprint density at radius 2 is 1.83 bits per heavy atom. The number of hydrogen-bond acceptors (Lipinski definition) is 6. The lowest BCUT2D eigenvalue weighted by atomic mass is 9.73. The minimum absolute atomic E-state index is 0.267. The lowest BCUT2D eigenvalue weighted by molar-refractivity contribution is 0.161. The van der Waals surface area contributed by atoms with Crippen LogP contribution in [0.2, 0.25) is 0 Å². The SMILES string of the molecule is CNc1cc(-c2c(-c3ccc(F)cc3)nc3ccc(N4CCC5(CCCNC5)CC4)nn23)ccn1. The molecular formula is C27H30FN7. The van der Waals surface area contributed by atoms with E-state index in [9.17, 15) is 4.39 Å². The molecular weight excluding hydrogens is 441 g/mol. The third-order valence-electron chi connectivity index (χ3n) is 7.58. The molecule has 0 radical (unpaired) electrons. The molecule has 4 aromatic rings. The number of fused-ring (bicyclic) bond motifs is 1. The monoisotopic (exact) mass is 471 g/mol. The van der Waals surface area contributed by atoms with Crippen LogP contribution in [0.5, 0.6) is 0 Å². The molecule has 0 aliphatic carbocycles. The molecule has 0 unspecified atom stereocenters. The van der Waals surface area contributed by atoms with Gasteiger partial charge in [0.2, 0.25) is 0 Å². The number of aromatic nitrogens is 4. The van der Waals surface area contributed by atoms with E-state index < -0.39 is 0 Å². The topological polar surface area (TPSA) is 70.4 Å². The highest BCUT2D eigenvalue weighted by atomic mass is 19.1. The molecule has 2 N–H and O–H groups in total. The maximum absolute atomic E-state index is 13.7. The summed E-state index contributed by atoms with van der Waals surface area (Å²) in [5.74, 6) is 1.46. The standard InChI is InChI=1S/C27H30FN7/c1-29-22-17-20(9-14-31-22)26-25(19-3-5-21(28)6-4-19)32-23-7-8-24(33-35(23)26)34-15-11-27(12-16-34)10-2-13-30-18-27/h3-9,14,17,30H,2,10-13,15-16,18H2,1H3,(H,29,31). The van der Waals surface area contributed by atoms with Gasteiger partial charge in [0.05, 0.1) is 5.69 Å². The Hall–Kier alpha value is -3.52. The van der Waals surface area contributed by atoms with Gasteiger partial charge < -0.3 is 15.5 Å². The fourth-order valence-electron chi connectivity index (χ4n) is 5.54. The summed E-state index contributed by atoms with van der Waals surface area (Å²) in [7, 11) is 1.85. The van der Waals surface area contributed by atoms with Crippen LogP contribution in [0.3, 0.4) is 0 Å². The predicted octanol–water partition coefficient (Wildman–Crippen LogP) is 4.61. The smallest absolute Gasteiger partial charge is 0.155 e. The van der Waals surface area contributed by atoms with Crippen LogP contribution >= 0.6 is 0 Å².